The van der Waals surface area contributed by atoms with E-state index in [0.717, 1.165) is 34.5 Å². The molecule has 2 aromatic carbocycles. The number of nitrogens with one attached hydrogen (secondary N) is 1. The first-order chi connectivity index (χ1) is 11.5. The third-order valence-electron chi connectivity index (χ3n) is 4.17. The van der Waals surface area contributed by atoms with E-state index in [9.17, 15) is 4.79 Å². The zero-order chi connectivity index (χ0) is 17.7. The number of carbonyl (C=O) groups excluding carboxylic acids is 1. The minimum atomic E-state index is -0.482. The SMILES string of the molecule is CCc1cc(C)c(OCc2cccc(C)c2NC(=O)OC)cc1C. The van der Waals surface area contributed by atoms with Gasteiger partial charge in [0, 0.05) is 5.56 Å². The first kappa shape index (κ1) is 17.9. The van der Waals surface area contributed by atoms with Gasteiger partial charge in [-0.15, -0.1) is 0 Å². The van der Waals surface area contributed by atoms with Crippen LogP contribution in [-0.4, -0.2) is 13.2 Å². The van der Waals surface area contributed by atoms with Crippen molar-refractivity contribution in [3.05, 3.63) is 58.1 Å². The summed E-state index contributed by atoms with van der Waals surface area (Å²) in [4.78, 5) is 11.6. The molecule has 0 aromatic heterocycles. The van der Waals surface area contributed by atoms with Crippen molar-refractivity contribution in [1.29, 1.82) is 0 Å². The Morgan fingerprint density at radius 1 is 1.04 bits per heavy atom. The molecule has 0 heterocycles. The highest BCUT2D eigenvalue weighted by molar-refractivity contribution is 5.86. The summed E-state index contributed by atoms with van der Waals surface area (Å²) in [6, 6.07) is 10.1. The molecule has 4 nitrogen and oxygen atoms in total. The minimum Gasteiger partial charge on any atom is -0.489 e. The summed E-state index contributed by atoms with van der Waals surface area (Å²) in [6.45, 7) is 8.63. The predicted octanol–water partition coefficient (Wildman–Crippen LogP) is 4.93. The van der Waals surface area contributed by atoms with Gasteiger partial charge in [-0.1, -0.05) is 31.2 Å². The number of carbonyl (C=O) groups is 1. The number of anilines is 1. The summed E-state index contributed by atoms with van der Waals surface area (Å²) >= 11 is 0. The average molecular weight is 327 g/mol. The zero-order valence-corrected chi connectivity index (χ0v) is 15.0. The van der Waals surface area contributed by atoms with Gasteiger partial charge in [-0.25, -0.2) is 4.79 Å². The van der Waals surface area contributed by atoms with Crippen LogP contribution in [-0.2, 0) is 17.8 Å². The third kappa shape index (κ3) is 4.07. The van der Waals surface area contributed by atoms with Crippen LogP contribution in [0.2, 0.25) is 0 Å². The van der Waals surface area contributed by atoms with Crippen LogP contribution in [0, 0.1) is 20.8 Å². The first-order valence-corrected chi connectivity index (χ1v) is 8.12. The Morgan fingerprint density at radius 3 is 2.46 bits per heavy atom. The smallest absolute Gasteiger partial charge is 0.411 e. The van der Waals surface area contributed by atoms with Gasteiger partial charge in [-0.05, 0) is 55.5 Å². The number of hydrogen-bond donors (Lipinski definition) is 1. The number of ether oxygens (including phenoxy) is 2. The molecule has 128 valence electrons. The zero-order valence-electron chi connectivity index (χ0n) is 15.0. The van der Waals surface area contributed by atoms with E-state index in [2.05, 4.69) is 38.2 Å². The van der Waals surface area contributed by atoms with Crippen LogP contribution in [0.4, 0.5) is 10.5 Å². The van der Waals surface area contributed by atoms with Gasteiger partial charge < -0.3 is 9.47 Å². The molecule has 1 N–H and O–H groups in total. The van der Waals surface area contributed by atoms with E-state index in [1.807, 2.05) is 25.1 Å². The van der Waals surface area contributed by atoms with E-state index < -0.39 is 6.09 Å². The Kier molecular flexibility index (Phi) is 5.85. The molecule has 0 unspecified atom stereocenters. The van der Waals surface area contributed by atoms with E-state index >= 15 is 0 Å². The topological polar surface area (TPSA) is 47.6 Å². The fraction of sp³-hybridized carbons (Fsp3) is 0.350. The van der Waals surface area contributed by atoms with Crippen molar-refractivity contribution in [2.24, 2.45) is 0 Å². The number of hydrogen-bond acceptors (Lipinski definition) is 3. The van der Waals surface area contributed by atoms with E-state index in [1.54, 1.807) is 0 Å². The van der Waals surface area contributed by atoms with Gasteiger partial charge in [0.15, 0.2) is 0 Å². The Morgan fingerprint density at radius 2 is 1.79 bits per heavy atom. The van der Waals surface area contributed by atoms with Crippen LogP contribution in [0.3, 0.4) is 0 Å². The summed E-state index contributed by atoms with van der Waals surface area (Å²) in [6.07, 6.45) is 0.530. The number of aryl methyl sites for hydroxylation is 4. The lowest BCUT2D eigenvalue weighted by Gasteiger charge is -2.16. The molecule has 0 aliphatic rings. The van der Waals surface area contributed by atoms with Gasteiger partial charge >= 0.3 is 6.09 Å². The van der Waals surface area contributed by atoms with Crippen LogP contribution in [0.5, 0.6) is 5.75 Å². The quantitative estimate of drug-likeness (QED) is 0.847. The van der Waals surface area contributed by atoms with Gasteiger partial charge in [0.05, 0.1) is 12.8 Å². The van der Waals surface area contributed by atoms with Crippen LogP contribution in [0.25, 0.3) is 0 Å². The van der Waals surface area contributed by atoms with Gasteiger partial charge in [-0.3, -0.25) is 5.32 Å². The normalized spacial score (nSPS) is 10.4. The van der Waals surface area contributed by atoms with Crippen molar-refractivity contribution in [3.8, 4) is 5.75 Å². The molecular weight excluding hydrogens is 302 g/mol. The van der Waals surface area contributed by atoms with Crippen LogP contribution < -0.4 is 10.1 Å². The highest BCUT2D eigenvalue weighted by Gasteiger charge is 2.11. The fourth-order valence-electron chi connectivity index (χ4n) is 2.72. The van der Waals surface area contributed by atoms with E-state index in [0.29, 0.717) is 6.61 Å². The standard InChI is InChI=1S/C20H25NO3/c1-6-16-10-15(4)18(11-14(16)3)24-12-17-9-7-8-13(2)19(17)21-20(22)23-5/h7-11H,6,12H2,1-5H3,(H,21,22). The summed E-state index contributed by atoms with van der Waals surface area (Å²) in [5.74, 6) is 0.871. The number of methoxy groups -OCH3 is 1. The van der Waals surface area contributed by atoms with E-state index in [4.69, 9.17) is 9.47 Å². The fourth-order valence-corrected chi connectivity index (χ4v) is 2.72. The molecule has 0 aliphatic carbocycles. The van der Waals surface area contributed by atoms with Crippen LogP contribution in [0.15, 0.2) is 30.3 Å². The monoisotopic (exact) mass is 327 g/mol. The van der Waals surface area contributed by atoms with Crippen molar-refractivity contribution in [1.82, 2.24) is 0 Å². The molecule has 0 spiro atoms. The number of rotatable bonds is 5. The molecule has 2 aromatic rings. The molecule has 0 aliphatic heterocycles. The average Bonchev–Trinajstić information content (AvgIpc) is 2.57. The van der Waals surface area contributed by atoms with Gasteiger partial charge in [-0.2, -0.15) is 0 Å². The van der Waals surface area contributed by atoms with Crippen molar-refractivity contribution in [3.63, 3.8) is 0 Å². The van der Waals surface area contributed by atoms with Gasteiger partial charge in [0.2, 0.25) is 0 Å². The highest BCUT2D eigenvalue weighted by Crippen LogP contribution is 2.26. The lowest BCUT2D eigenvalue weighted by molar-refractivity contribution is 0.187. The molecule has 0 radical (unpaired) electrons. The second kappa shape index (κ2) is 7.86. The molecule has 0 saturated carbocycles. The largest absolute Gasteiger partial charge is 0.489 e. The molecule has 24 heavy (non-hydrogen) atoms. The molecule has 0 bridgehead atoms. The molecule has 0 atom stereocenters. The number of benzene rings is 2. The second-order valence-corrected chi connectivity index (χ2v) is 5.91. The maximum atomic E-state index is 11.6. The van der Waals surface area contributed by atoms with Gasteiger partial charge in [0.1, 0.15) is 12.4 Å². The minimum absolute atomic E-state index is 0.382. The van der Waals surface area contributed by atoms with Gasteiger partial charge in [0.25, 0.3) is 0 Å². The Balaban J connectivity index is 2.22. The lowest BCUT2D eigenvalue weighted by Crippen LogP contribution is -2.14. The summed E-state index contributed by atoms with van der Waals surface area (Å²) in [7, 11) is 1.35. The predicted molar refractivity (Wildman–Crippen MR) is 96.8 cm³/mol. The van der Waals surface area contributed by atoms with E-state index in [1.165, 1.54) is 18.2 Å². The lowest BCUT2D eigenvalue weighted by atomic mass is 10.0. The molecular formula is C20H25NO3. The van der Waals surface area contributed by atoms with E-state index in [-0.39, 0.29) is 0 Å². The molecule has 2 rings (SSSR count). The molecule has 0 saturated heterocycles. The number of amides is 1. The van der Waals surface area contributed by atoms with Crippen molar-refractivity contribution >= 4 is 11.8 Å². The summed E-state index contributed by atoms with van der Waals surface area (Å²) < 4.78 is 10.7. The maximum absolute atomic E-state index is 11.6. The first-order valence-electron chi connectivity index (χ1n) is 8.12. The Bertz CT molecular complexity index is 738. The Hall–Kier alpha value is -2.49. The van der Waals surface area contributed by atoms with Crippen LogP contribution >= 0.6 is 0 Å². The summed E-state index contributed by atoms with van der Waals surface area (Å²) in [5, 5.41) is 2.77. The van der Waals surface area contributed by atoms with Crippen molar-refractivity contribution in [2.45, 2.75) is 40.7 Å². The third-order valence-corrected chi connectivity index (χ3v) is 4.17. The summed E-state index contributed by atoms with van der Waals surface area (Å²) in [5.41, 5.74) is 6.31. The molecule has 1 amide bonds. The number of para-hydroxylation sites is 1. The second-order valence-electron chi connectivity index (χ2n) is 5.91. The van der Waals surface area contributed by atoms with Crippen molar-refractivity contribution in [2.75, 3.05) is 12.4 Å². The van der Waals surface area contributed by atoms with Crippen molar-refractivity contribution < 1.29 is 14.3 Å². The highest BCUT2D eigenvalue weighted by atomic mass is 16.5. The molecule has 0 fully saturated rings. The Labute approximate surface area is 143 Å². The maximum Gasteiger partial charge on any atom is 0.411 e. The molecule has 4 heteroatoms. The van der Waals surface area contributed by atoms with Crippen LogP contribution in [0.1, 0.15) is 34.7 Å².